The second-order valence-electron chi connectivity index (χ2n) is 9.17. The molecule has 6 rings (SSSR count). The van der Waals surface area contributed by atoms with Gasteiger partial charge in [-0.05, 0) is 60.4 Å². The summed E-state index contributed by atoms with van der Waals surface area (Å²) in [5, 5.41) is 8.01. The van der Waals surface area contributed by atoms with Gasteiger partial charge in [0.1, 0.15) is 0 Å². The second kappa shape index (κ2) is 8.57. The predicted molar refractivity (Wildman–Crippen MR) is 141 cm³/mol. The van der Waals surface area contributed by atoms with Gasteiger partial charge in [-0.1, -0.05) is 48.5 Å². The second-order valence-corrected chi connectivity index (χ2v) is 9.17. The number of nitrogens with one attached hydrogen (secondary N) is 2. The number of aromatic nitrogens is 2. The maximum atomic E-state index is 13.5. The lowest BCUT2D eigenvalue weighted by Gasteiger charge is -2.19. The van der Waals surface area contributed by atoms with Gasteiger partial charge in [0.25, 0.3) is 11.8 Å². The summed E-state index contributed by atoms with van der Waals surface area (Å²) < 4.78 is 0. The van der Waals surface area contributed by atoms with E-state index in [2.05, 4.69) is 10.6 Å². The molecule has 36 heavy (non-hydrogen) atoms. The van der Waals surface area contributed by atoms with E-state index in [1.165, 1.54) is 0 Å². The summed E-state index contributed by atoms with van der Waals surface area (Å²) in [7, 11) is 0. The molecule has 0 saturated heterocycles. The van der Waals surface area contributed by atoms with Gasteiger partial charge in [-0.15, -0.1) is 0 Å². The fourth-order valence-corrected chi connectivity index (χ4v) is 4.96. The van der Waals surface area contributed by atoms with Gasteiger partial charge in [0.05, 0.1) is 35.5 Å². The van der Waals surface area contributed by atoms with Gasteiger partial charge < -0.3 is 10.6 Å². The molecule has 6 heteroatoms. The van der Waals surface area contributed by atoms with Crippen LogP contribution in [0.4, 0.5) is 0 Å². The lowest BCUT2D eigenvalue weighted by Crippen LogP contribution is -2.26. The number of aryl methyl sites for hydroxylation is 2. The highest BCUT2D eigenvalue weighted by atomic mass is 16.2. The van der Waals surface area contributed by atoms with Crippen molar-refractivity contribution in [1.29, 1.82) is 0 Å². The first kappa shape index (κ1) is 21.9. The number of carbonyl (C=O) groups is 2. The molecule has 0 atom stereocenters. The Labute approximate surface area is 208 Å². The van der Waals surface area contributed by atoms with Crippen LogP contribution in [0.25, 0.3) is 32.9 Å². The lowest BCUT2D eigenvalue weighted by molar-refractivity contribution is 0.0941. The largest absolute Gasteiger partial charge is 0.346 e. The van der Waals surface area contributed by atoms with Gasteiger partial charge in [-0.3, -0.25) is 9.59 Å². The van der Waals surface area contributed by atoms with Crippen LogP contribution in [0.15, 0.2) is 72.8 Å². The van der Waals surface area contributed by atoms with Crippen molar-refractivity contribution in [2.75, 3.05) is 0 Å². The molecule has 3 aromatic carbocycles. The van der Waals surface area contributed by atoms with Gasteiger partial charge in [0, 0.05) is 21.9 Å². The van der Waals surface area contributed by atoms with Crippen LogP contribution in [0.5, 0.6) is 0 Å². The van der Waals surface area contributed by atoms with Gasteiger partial charge >= 0.3 is 0 Å². The van der Waals surface area contributed by atoms with Crippen molar-refractivity contribution in [3.63, 3.8) is 0 Å². The van der Waals surface area contributed by atoms with Crippen LogP contribution >= 0.6 is 0 Å². The third-order valence-electron chi connectivity index (χ3n) is 6.78. The number of hydrogen-bond acceptors (Lipinski definition) is 4. The average molecular weight is 473 g/mol. The standard InChI is InChI=1S/C30H24N4O2/c1-17-5-3-7-23-25(17)26-18(2)6-4-8-24(26)30(36)32-16-22-14-12-20-10-9-19-11-13-21(15-31-29(23)35)33-27(19)28(20)34-22/h3-14H,15-16H2,1-2H3,(H,31,35)(H,32,36). The van der Waals surface area contributed by atoms with Gasteiger partial charge in [0.2, 0.25) is 0 Å². The Morgan fingerprint density at radius 3 is 1.44 bits per heavy atom. The van der Waals surface area contributed by atoms with Crippen molar-refractivity contribution in [2.45, 2.75) is 26.9 Å². The van der Waals surface area contributed by atoms with Crippen LogP contribution in [0.1, 0.15) is 43.2 Å². The normalized spacial score (nSPS) is 13.6. The third-order valence-corrected chi connectivity index (χ3v) is 6.78. The Hall–Kier alpha value is -4.58. The molecule has 1 aliphatic heterocycles. The Bertz CT molecular complexity index is 1580. The van der Waals surface area contributed by atoms with E-state index in [1.807, 2.05) is 74.5 Å². The van der Waals surface area contributed by atoms with Gasteiger partial charge in [0.15, 0.2) is 0 Å². The first-order valence-electron chi connectivity index (χ1n) is 11.9. The molecule has 0 fully saturated rings. The van der Waals surface area contributed by atoms with E-state index in [9.17, 15) is 9.59 Å². The maximum absolute atomic E-state index is 13.5. The molecular weight excluding hydrogens is 448 g/mol. The molecule has 2 N–H and O–H groups in total. The molecule has 0 spiro atoms. The Morgan fingerprint density at radius 1 is 0.583 bits per heavy atom. The van der Waals surface area contributed by atoms with Crippen molar-refractivity contribution < 1.29 is 9.59 Å². The van der Waals surface area contributed by atoms with Crippen LogP contribution < -0.4 is 10.6 Å². The minimum atomic E-state index is -0.212. The maximum Gasteiger partial charge on any atom is 0.252 e. The molecule has 5 aromatic rings. The monoisotopic (exact) mass is 472 g/mol. The minimum Gasteiger partial charge on any atom is -0.346 e. The topological polar surface area (TPSA) is 84.0 Å². The van der Waals surface area contributed by atoms with E-state index < -0.39 is 0 Å². The van der Waals surface area contributed by atoms with Crippen LogP contribution in [-0.4, -0.2) is 21.8 Å². The molecule has 2 amide bonds. The molecule has 1 aliphatic rings. The fraction of sp³-hybridized carbons (Fsp3) is 0.133. The van der Waals surface area contributed by atoms with E-state index in [0.717, 1.165) is 55.4 Å². The highest BCUT2D eigenvalue weighted by Gasteiger charge is 2.22. The molecule has 6 nitrogen and oxygen atoms in total. The van der Waals surface area contributed by atoms with Crippen LogP contribution in [0, 0.1) is 13.8 Å². The summed E-state index contributed by atoms with van der Waals surface area (Å²) in [4.78, 5) is 36.6. The molecule has 0 radical (unpaired) electrons. The summed E-state index contributed by atoms with van der Waals surface area (Å²) in [5.41, 5.74) is 7.48. The van der Waals surface area contributed by atoms with Crippen molar-refractivity contribution in [1.82, 2.24) is 20.6 Å². The summed E-state index contributed by atoms with van der Waals surface area (Å²) in [6.07, 6.45) is 0. The average Bonchev–Trinajstić information content (AvgIpc) is 2.89. The Kier molecular flexibility index (Phi) is 5.22. The first-order chi connectivity index (χ1) is 17.5. The quantitative estimate of drug-likeness (QED) is 0.302. The van der Waals surface area contributed by atoms with Crippen molar-refractivity contribution in [3.8, 4) is 11.1 Å². The SMILES string of the molecule is Cc1cccc2c1-c1c(C)cccc1C(=O)NCc1ccc3ccc4ccc(nc4c3n1)CNC2=O. The fourth-order valence-electron chi connectivity index (χ4n) is 4.96. The van der Waals surface area contributed by atoms with Crippen LogP contribution in [-0.2, 0) is 13.1 Å². The molecule has 3 heterocycles. The molecule has 0 saturated carbocycles. The zero-order chi connectivity index (χ0) is 24.8. The number of pyridine rings is 2. The number of hydrogen-bond donors (Lipinski definition) is 2. The number of amides is 2. The summed E-state index contributed by atoms with van der Waals surface area (Å²) in [6, 6.07) is 23.2. The van der Waals surface area contributed by atoms with Crippen molar-refractivity contribution in [3.05, 3.63) is 106 Å². The molecule has 4 bridgehead atoms. The van der Waals surface area contributed by atoms with Crippen molar-refractivity contribution in [2.24, 2.45) is 0 Å². The number of rotatable bonds is 0. The summed E-state index contributed by atoms with van der Waals surface area (Å²) in [6.45, 7) is 4.48. The predicted octanol–water partition coefficient (Wildman–Crippen LogP) is 5.24. The molecule has 176 valence electrons. The zero-order valence-electron chi connectivity index (χ0n) is 20.1. The van der Waals surface area contributed by atoms with Crippen LogP contribution in [0.3, 0.4) is 0 Å². The van der Waals surface area contributed by atoms with E-state index in [4.69, 9.17) is 9.97 Å². The van der Waals surface area contributed by atoms with Crippen LogP contribution in [0.2, 0.25) is 0 Å². The van der Waals surface area contributed by atoms with E-state index in [-0.39, 0.29) is 24.9 Å². The van der Waals surface area contributed by atoms with Crippen molar-refractivity contribution >= 4 is 33.6 Å². The van der Waals surface area contributed by atoms with E-state index >= 15 is 0 Å². The highest BCUT2D eigenvalue weighted by molar-refractivity contribution is 6.08. The highest BCUT2D eigenvalue weighted by Crippen LogP contribution is 2.34. The Morgan fingerprint density at radius 2 is 1.00 bits per heavy atom. The van der Waals surface area contributed by atoms with Gasteiger partial charge in [-0.25, -0.2) is 9.97 Å². The minimum absolute atomic E-state index is 0.212. The smallest absolute Gasteiger partial charge is 0.252 e. The summed E-state index contributed by atoms with van der Waals surface area (Å²) in [5.74, 6) is -0.425. The van der Waals surface area contributed by atoms with Gasteiger partial charge in [-0.2, -0.15) is 0 Å². The molecule has 0 unspecified atom stereocenters. The summed E-state index contributed by atoms with van der Waals surface area (Å²) >= 11 is 0. The molecule has 2 aromatic heterocycles. The van der Waals surface area contributed by atoms with E-state index in [1.54, 1.807) is 12.1 Å². The zero-order valence-corrected chi connectivity index (χ0v) is 20.1. The van der Waals surface area contributed by atoms with E-state index in [0.29, 0.717) is 11.1 Å². The lowest BCUT2D eigenvalue weighted by atomic mass is 9.88. The number of benzene rings is 3. The molecule has 0 aliphatic carbocycles. The number of carbonyl (C=O) groups excluding carboxylic acids is 2. The molecular formula is C30H24N4O2. The number of nitrogens with zero attached hydrogens (tertiary/aromatic N) is 2. The number of fused-ring (bicyclic) bond motifs is 5. The Balaban J connectivity index is 1.57. The third kappa shape index (κ3) is 3.67. The first-order valence-corrected chi connectivity index (χ1v) is 11.9.